The van der Waals surface area contributed by atoms with Gasteiger partial charge in [-0.25, -0.2) is 0 Å². The lowest BCUT2D eigenvalue weighted by Gasteiger charge is -2.24. The van der Waals surface area contributed by atoms with E-state index in [-0.39, 0.29) is 41.2 Å². The van der Waals surface area contributed by atoms with E-state index in [1.807, 2.05) is 0 Å². The van der Waals surface area contributed by atoms with Crippen LogP contribution in [0.1, 0.15) is 69.2 Å². The lowest BCUT2D eigenvalue weighted by molar-refractivity contribution is -0.140. The molecule has 0 fully saturated rings. The molecule has 0 amide bonds. The fraction of sp³-hybridized carbons (Fsp3) is 0.296. The molecule has 1 aromatic heterocycles. The van der Waals surface area contributed by atoms with Crippen molar-refractivity contribution in [3.63, 3.8) is 0 Å². The number of benzene rings is 2. The largest absolute Gasteiger partial charge is 0.507 e. The van der Waals surface area contributed by atoms with Gasteiger partial charge in [-0.1, -0.05) is 12.1 Å². The average molecular weight is 494 g/mol. The molecule has 2 heterocycles. The summed E-state index contributed by atoms with van der Waals surface area (Å²) in [6.07, 6.45) is 0.446. The second kappa shape index (κ2) is 9.87. The number of pyridine rings is 1. The number of aromatic nitrogens is 1. The Hall–Kier alpha value is -4.11. The Kier molecular flexibility index (Phi) is 6.85. The molecule has 1 aliphatic rings. The van der Waals surface area contributed by atoms with E-state index < -0.39 is 29.5 Å². The van der Waals surface area contributed by atoms with E-state index >= 15 is 0 Å². The van der Waals surface area contributed by atoms with Crippen LogP contribution in [0.3, 0.4) is 0 Å². The van der Waals surface area contributed by atoms with Gasteiger partial charge in [-0.2, -0.15) is 0 Å². The quantitative estimate of drug-likeness (QED) is 0.329. The van der Waals surface area contributed by atoms with Gasteiger partial charge < -0.3 is 29.5 Å². The first-order valence-corrected chi connectivity index (χ1v) is 11.3. The maximum atomic E-state index is 12.5. The standard InChI is InChI=1S/C27H27NO8/c1-13-24(31)22-16(11-28-13)12-36-27(22)20-9-18(14(2)29)25(32)23(26(20)33)19(10-21(30)35-4)15-5-7-17(34-3)8-6-15/h5-9,11,19,27,31-33H,10,12H2,1-4H3/t19-,27+/m0/s1. The van der Waals surface area contributed by atoms with Gasteiger partial charge in [0.15, 0.2) is 5.78 Å². The van der Waals surface area contributed by atoms with E-state index in [9.17, 15) is 24.9 Å². The van der Waals surface area contributed by atoms with E-state index in [1.54, 1.807) is 37.4 Å². The SMILES string of the molecule is COC(=O)C[C@@H](c1ccc(OC)cc1)c1c(O)c(C(C)=O)cc([C@H]2OCc3cnc(C)c(O)c32)c1O. The monoisotopic (exact) mass is 493 g/mol. The first kappa shape index (κ1) is 25.0. The summed E-state index contributed by atoms with van der Waals surface area (Å²) in [7, 11) is 2.76. The number of carbonyl (C=O) groups excluding carboxylic acids is 2. The van der Waals surface area contributed by atoms with Gasteiger partial charge in [-0.15, -0.1) is 0 Å². The second-order valence-corrected chi connectivity index (χ2v) is 8.61. The molecule has 9 nitrogen and oxygen atoms in total. The number of hydrogen-bond donors (Lipinski definition) is 3. The molecular weight excluding hydrogens is 466 g/mol. The van der Waals surface area contributed by atoms with E-state index in [2.05, 4.69) is 4.98 Å². The fourth-order valence-corrected chi connectivity index (χ4v) is 4.54. The Labute approximate surface area is 207 Å². The molecule has 188 valence electrons. The van der Waals surface area contributed by atoms with Crippen molar-refractivity contribution in [3.05, 3.63) is 75.6 Å². The number of ketones is 1. The highest BCUT2D eigenvalue weighted by molar-refractivity contribution is 5.98. The number of methoxy groups -OCH3 is 2. The number of hydrogen-bond acceptors (Lipinski definition) is 9. The first-order chi connectivity index (χ1) is 17.2. The molecule has 0 saturated heterocycles. The van der Waals surface area contributed by atoms with Crippen LogP contribution in [-0.4, -0.2) is 46.3 Å². The van der Waals surface area contributed by atoms with Crippen LogP contribution in [-0.2, 0) is 20.9 Å². The summed E-state index contributed by atoms with van der Waals surface area (Å²) in [4.78, 5) is 29.1. The van der Waals surface area contributed by atoms with Crippen molar-refractivity contribution in [2.45, 2.75) is 38.9 Å². The molecule has 3 aromatic rings. The highest BCUT2D eigenvalue weighted by atomic mass is 16.5. The van der Waals surface area contributed by atoms with Gasteiger partial charge in [-0.3, -0.25) is 14.6 Å². The Morgan fingerprint density at radius 2 is 1.81 bits per heavy atom. The summed E-state index contributed by atoms with van der Waals surface area (Å²) in [5, 5.41) is 33.4. The van der Waals surface area contributed by atoms with E-state index in [0.717, 1.165) is 0 Å². The number of esters is 1. The molecule has 0 bridgehead atoms. The van der Waals surface area contributed by atoms with Crippen molar-refractivity contribution < 1.29 is 39.1 Å². The number of rotatable bonds is 7. The molecule has 2 atom stereocenters. The number of ether oxygens (including phenoxy) is 3. The van der Waals surface area contributed by atoms with Crippen LogP contribution in [0.5, 0.6) is 23.0 Å². The van der Waals surface area contributed by atoms with E-state index in [0.29, 0.717) is 28.1 Å². The molecule has 0 radical (unpaired) electrons. The lowest BCUT2D eigenvalue weighted by Crippen LogP contribution is -2.13. The first-order valence-electron chi connectivity index (χ1n) is 11.3. The van der Waals surface area contributed by atoms with Crippen molar-refractivity contribution in [3.8, 4) is 23.0 Å². The predicted octanol–water partition coefficient (Wildman–Crippen LogP) is 4.03. The van der Waals surface area contributed by atoms with Crippen molar-refractivity contribution in [2.75, 3.05) is 14.2 Å². The van der Waals surface area contributed by atoms with Crippen molar-refractivity contribution in [1.29, 1.82) is 0 Å². The fourth-order valence-electron chi connectivity index (χ4n) is 4.54. The van der Waals surface area contributed by atoms with E-state index in [1.165, 1.54) is 27.2 Å². The van der Waals surface area contributed by atoms with Gasteiger partial charge in [0.25, 0.3) is 0 Å². The number of Topliss-reactive ketones (excluding diaryl/α,β-unsaturated/α-hetero) is 1. The zero-order chi connectivity index (χ0) is 26.1. The minimum atomic E-state index is -0.922. The molecule has 0 saturated carbocycles. The maximum Gasteiger partial charge on any atom is 0.306 e. The zero-order valence-corrected chi connectivity index (χ0v) is 20.4. The summed E-state index contributed by atoms with van der Waals surface area (Å²) in [5.41, 5.74) is 2.14. The summed E-state index contributed by atoms with van der Waals surface area (Å²) < 4.78 is 16.0. The van der Waals surface area contributed by atoms with Crippen LogP contribution in [0.2, 0.25) is 0 Å². The van der Waals surface area contributed by atoms with Crippen LogP contribution in [0.25, 0.3) is 0 Å². The highest BCUT2D eigenvalue weighted by Gasteiger charge is 2.36. The van der Waals surface area contributed by atoms with Gasteiger partial charge in [-0.05, 0) is 37.6 Å². The molecule has 0 spiro atoms. The topological polar surface area (TPSA) is 135 Å². The number of nitrogens with zero attached hydrogens (tertiary/aromatic N) is 1. The minimum Gasteiger partial charge on any atom is -0.507 e. The maximum absolute atomic E-state index is 12.5. The average Bonchev–Trinajstić information content (AvgIpc) is 3.30. The summed E-state index contributed by atoms with van der Waals surface area (Å²) in [6.45, 7) is 3.07. The molecule has 2 aromatic carbocycles. The predicted molar refractivity (Wildman–Crippen MR) is 129 cm³/mol. The summed E-state index contributed by atoms with van der Waals surface area (Å²) >= 11 is 0. The minimum absolute atomic E-state index is 0.0180. The third kappa shape index (κ3) is 4.33. The molecular formula is C27H27NO8. The van der Waals surface area contributed by atoms with Crippen LogP contribution in [0, 0.1) is 6.92 Å². The molecule has 9 heteroatoms. The number of fused-ring (bicyclic) bond motifs is 1. The van der Waals surface area contributed by atoms with E-state index in [4.69, 9.17) is 14.2 Å². The smallest absolute Gasteiger partial charge is 0.306 e. The Morgan fingerprint density at radius 1 is 1.11 bits per heavy atom. The van der Waals surface area contributed by atoms with Crippen LogP contribution >= 0.6 is 0 Å². The number of carbonyl (C=O) groups is 2. The third-order valence-electron chi connectivity index (χ3n) is 6.49. The number of aromatic hydroxyl groups is 3. The van der Waals surface area contributed by atoms with Crippen molar-refractivity contribution >= 4 is 11.8 Å². The number of aryl methyl sites for hydroxylation is 1. The van der Waals surface area contributed by atoms with Gasteiger partial charge in [0.2, 0.25) is 0 Å². The summed E-state index contributed by atoms with van der Waals surface area (Å²) in [6, 6.07) is 8.14. The Bertz CT molecular complexity index is 1330. The van der Waals surface area contributed by atoms with Crippen LogP contribution < -0.4 is 4.74 Å². The van der Waals surface area contributed by atoms with Gasteiger partial charge in [0, 0.05) is 34.4 Å². The normalized spacial score (nSPS) is 15.3. The number of phenolic OH excluding ortho intramolecular Hbond substituents is 2. The Balaban J connectivity index is 1.96. The molecule has 0 aliphatic carbocycles. The molecule has 36 heavy (non-hydrogen) atoms. The van der Waals surface area contributed by atoms with Crippen LogP contribution in [0.15, 0.2) is 36.5 Å². The molecule has 3 N–H and O–H groups in total. The summed E-state index contributed by atoms with van der Waals surface area (Å²) in [5.74, 6) is -2.18. The van der Waals surface area contributed by atoms with Gasteiger partial charge in [0.1, 0.15) is 29.1 Å². The molecule has 0 unspecified atom stereocenters. The zero-order valence-electron chi connectivity index (χ0n) is 20.4. The molecule has 1 aliphatic heterocycles. The van der Waals surface area contributed by atoms with Crippen LogP contribution in [0.4, 0.5) is 0 Å². The number of phenols is 2. The van der Waals surface area contributed by atoms with Gasteiger partial charge in [0.05, 0.1) is 38.5 Å². The third-order valence-corrected chi connectivity index (χ3v) is 6.49. The molecule has 4 rings (SSSR count). The Morgan fingerprint density at radius 3 is 2.42 bits per heavy atom. The van der Waals surface area contributed by atoms with Crippen molar-refractivity contribution in [2.24, 2.45) is 0 Å². The van der Waals surface area contributed by atoms with Crippen molar-refractivity contribution in [1.82, 2.24) is 4.98 Å². The highest BCUT2D eigenvalue weighted by Crippen LogP contribution is 2.50. The lowest BCUT2D eigenvalue weighted by atomic mass is 9.83. The van der Waals surface area contributed by atoms with Gasteiger partial charge >= 0.3 is 5.97 Å². The second-order valence-electron chi connectivity index (χ2n) is 8.61.